The van der Waals surface area contributed by atoms with Crippen LogP contribution in [0.1, 0.15) is 6.92 Å². The van der Waals surface area contributed by atoms with Crippen molar-refractivity contribution in [3.63, 3.8) is 0 Å². The molecular weight excluding hydrogens is 262 g/mol. The zero-order valence-corrected chi connectivity index (χ0v) is 8.19. The number of rotatable bonds is 2. The lowest BCUT2D eigenvalue weighted by Gasteiger charge is -2.15. The molecule has 0 amide bonds. The van der Waals surface area contributed by atoms with Gasteiger partial charge in [0.15, 0.2) is 12.7 Å². The van der Waals surface area contributed by atoms with Gasteiger partial charge in [0.05, 0.1) is 0 Å². The van der Waals surface area contributed by atoms with E-state index in [0.717, 1.165) is 0 Å². The largest absolute Gasteiger partial charge is 0.448 e. The Balaban J connectivity index is 4.21. The first-order valence-corrected chi connectivity index (χ1v) is 3.94. The van der Waals surface area contributed by atoms with Gasteiger partial charge in [0.2, 0.25) is 0 Å². The molecule has 10 heteroatoms. The summed E-state index contributed by atoms with van der Waals surface area (Å²) in [7, 11) is 0. The monoisotopic (exact) mass is 268 g/mol. The summed E-state index contributed by atoms with van der Waals surface area (Å²) in [4.78, 5) is 21.0. The Morgan fingerprint density at radius 2 is 1.53 bits per heavy atom. The van der Waals surface area contributed by atoms with Gasteiger partial charge in [-0.25, -0.2) is 9.59 Å². The zero-order valence-electron chi connectivity index (χ0n) is 8.19. The van der Waals surface area contributed by atoms with E-state index in [1.165, 1.54) is 0 Å². The molecule has 100 valence electrons. The minimum absolute atomic E-state index is 0.412. The third-order valence-electron chi connectivity index (χ3n) is 1.28. The predicted molar refractivity (Wildman–Crippen MR) is 38.6 cm³/mol. The number of halogens is 6. The Hall–Kier alpha value is -1.48. The third kappa shape index (κ3) is 6.64. The molecule has 0 saturated carbocycles. The number of esters is 2. The Kier molecular flexibility index (Phi) is 4.78. The topological polar surface area (TPSA) is 52.6 Å². The van der Waals surface area contributed by atoms with Gasteiger partial charge in [-0.3, -0.25) is 0 Å². The molecule has 0 radical (unpaired) electrons. The first-order valence-electron chi connectivity index (χ1n) is 3.94. The van der Waals surface area contributed by atoms with Crippen LogP contribution in [0, 0.1) is 0 Å². The minimum Gasteiger partial charge on any atom is -0.448 e. The van der Waals surface area contributed by atoms with Crippen LogP contribution >= 0.6 is 0 Å². The van der Waals surface area contributed by atoms with Crippen LogP contribution in [0.3, 0.4) is 0 Å². The highest BCUT2D eigenvalue weighted by Crippen LogP contribution is 2.22. The molecule has 0 aromatic carbocycles. The van der Waals surface area contributed by atoms with Crippen molar-refractivity contribution in [3.8, 4) is 0 Å². The molecule has 0 rings (SSSR count). The first-order chi connectivity index (χ1) is 7.43. The van der Waals surface area contributed by atoms with E-state index in [2.05, 4.69) is 9.47 Å². The summed E-state index contributed by atoms with van der Waals surface area (Å²) < 4.78 is 77.0. The summed E-state index contributed by atoms with van der Waals surface area (Å²) in [6, 6.07) is 0. The number of alkyl halides is 6. The van der Waals surface area contributed by atoms with Gasteiger partial charge in [0, 0.05) is 0 Å². The van der Waals surface area contributed by atoms with Gasteiger partial charge in [0.25, 0.3) is 0 Å². The second-order valence-electron chi connectivity index (χ2n) is 2.78. The highest BCUT2D eigenvalue weighted by Gasteiger charge is 2.41. The van der Waals surface area contributed by atoms with Crippen LogP contribution in [-0.4, -0.2) is 37.0 Å². The molecule has 0 saturated heterocycles. The van der Waals surface area contributed by atoms with Crippen LogP contribution in [0.15, 0.2) is 0 Å². The van der Waals surface area contributed by atoms with E-state index >= 15 is 0 Å². The fourth-order valence-corrected chi connectivity index (χ4v) is 0.482. The molecular formula is C7H6F6O4. The molecule has 0 aliphatic rings. The van der Waals surface area contributed by atoms with Crippen LogP contribution < -0.4 is 0 Å². The normalized spacial score (nSPS) is 14.1. The molecule has 17 heavy (non-hydrogen) atoms. The Labute approximate surface area is 90.5 Å². The number of hydrogen-bond donors (Lipinski definition) is 0. The molecule has 4 nitrogen and oxygen atoms in total. The minimum atomic E-state index is -4.92. The van der Waals surface area contributed by atoms with Crippen LogP contribution in [0.5, 0.6) is 0 Å². The second kappa shape index (κ2) is 5.23. The summed E-state index contributed by atoms with van der Waals surface area (Å²) in [5, 5.41) is 0. The maximum Gasteiger partial charge on any atom is 0.425 e. The van der Waals surface area contributed by atoms with Gasteiger partial charge in [0.1, 0.15) is 0 Å². The van der Waals surface area contributed by atoms with E-state index in [1.807, 2.05) is 0 Å². The summed E-state index contributed by atoms with van der Waals surface area (Å²) in [5.41, 5.74) is 0. The SMILES string of the molecule is CC(OC(=O)C(=O)OCC(F)(F)F)C(F)(F)F. The molecule has 0 heterocycles. The van der Waals surface area contributed by atoms with E-state index in [-0.39, 0.29) is 0 Å². The zero-order chi connectivity index (χ0) is 13.9. The lowest BCUT2D eigenvalue weighted by Crippen LogP contribution is -2.35. The van der Waals surface area contributed by atoms with Gasteiger partial charge >= 0.3 is 24.3 Å². The fraction of sp³-hybridized carbons (Fsp3) is 0.714. The lowest BCUT2D eigenvalue weighted by molar-refractivity contribution is -0.221. The van der Waals surface area contributed by atoms with E-state index in [0.29, 0.717) is 6.92 Å². The first kappa shape index (κ1) is 15.5. The average Bonchev–Trinajstić information content (AvgIpc) is 2.11. The van der Waals surface area contributed by atoms with Crippen LogP contribution in [-0.2, 0) is 19.1 Å². The summed E-state index contributed by atoms with van der Waals surface area (Å²) in [6.07, 6.45) is -12.4. The molecule has 0 spiro atoms. The number of hydrogen-bond acceptors (Lipinski definition) is 4. The maximum absolute atomic E-state index is 11.8. The van der Waals surface area contributed by atoms with Crippen molar-refractivity contribution in [3.05, 3.63) is 0 Å². The second-order valence-corrected chi connectivity index (χ2v) is 2.78. The summed E-state index contributed by atoms with van der Waals surface area (Å²) in [6.45, 7) is -1.67. The lowest BCUT2D eigenvalue weighted by atomic mass is 10.4. The van der Waals surface area contributed by atoms with Crippen molar-refractivity contribution in [1.29, 1.82) is 0 Å². The van der Waals surface area contributed by atoms with Gasteiger partial charge in [-0.05, 0) is 6.92 Å². The standard InChI is InChI=1S/C7H6F6O4/c1-3(7(11,12)13)17-5(15)4(14)16-2-6(8,9)10/h3H,2H2,1H3. The summed E-state index contributed by atoms with van der Waals surface area (Å²) in [5.74, 6) is -4.28. The van der Waals surface area contributed by atoms with Crippen molar-refractivity contribution in [1.82, 2.24) is 0 Å². The van der Waals surface area contributed by atoms with Crippen molar-refractivity contribution < 1.29 is 45.4 Å². The van der Waals surface area contributed by atoms with Gasteiger partial charge < -0.3 is 9.47 Å². The van der Waals surface area contributed by atoms with Gasteiger partial charge in [-0.15, -0.1) is 0 Å². The van der Waals surface area contributed by atoms with E-state index in [1.54, 1.807) is 0 Å². The van der Waals surface area contributed by atoms with Crippen molar-refractivity contribution in [2.45, 2.75) is 25.4 Å². The van der Waals surface area contributed by atoms with Crippen LogP contribution in [0.25, 0.3) is 0 Å². The van der Waals surface area contributed by atoms with Crippen molar-refractivity contribution >= 4 is 11.9 Å². The van der Waals surface area contributed by atoms with Crippen molar-refractivity contribution in [2.24, 2.45) is 0 Å². The smallest absolute Gasteiger partial charge is 0.425 e. The van der Waals surface area contributed by atoms with Gasteiger partial charge in [-0.1, -0.05) is 0 Å². The molecule has 0 aromatic heterocycles. The molecule has 0 aliphatic heterocycles. The number of carbonyl (C=O) groups excluding carboxylic acids is 2. The molecule has 0 aromatic rings. The van der Waals surface area contributed by atoms with Crippen molar-refractivity contribution in [2.75, 3.05) is 6.61 Å². The highest BCUT2D eigenvalue weighted by atomic mass is 19.4. The quantitative estimate of drug-likeness (QED) is 0.433. The highest BCUT2D eigenvalue weighted by molar-refractivity contribution is 6.29. The predicted octanol–water partition coefficient (Wildman–Crippen LogP) is 1.59. The molecule has 1 unspecified atom stereocenters. The van der Waals surface area contributed by atoms with Gasteiger partial charge in [-0.2, -0.15) is 26.3 Å². The Morgan fingerprint density at radius 3 is 1.88 bits per heavy atom. The molecule has 0 fully saturated rings. The number of ether oxygens (including phenoxy) is 2. The molecule has 1 atom stereocenters. The Bertz CT molecular complexity index is 294. The molecule has 0 bridgehead atoms. The third-order valence-corrected chi connectivity index (χ3v) is 1.28. The maximum atomic E-state index is 11.8. The molecule has 0 N–H and O–H groups in total. The van der Waals surface area contributed by atoms with E-state index in [4.69, 9.17) is 0 Å². The van der Waals surface area contributed by atoms with Crippen LogP contribution in [0.2, 0.25) is 0 Å². The Morgan fingerprint density at radius 1 is 1.06 bits per heavy atom. The molecule has 0 aliphatic carbocycles. The number of carbonyl (C=O) groups is 2. The average molecular weight is 268 g/mol. The van der Waals surface area contributed by atoms with E-state index in [9.17, 15) is 35.9 Å². The van der Waals surface area contributed by atoms with Crippen LogP contribution in [0.4, 0.5) is 26.3 Å². The fourth-order valence-electron chi connectivity index (χ4n) is 0.482. The summed E-state index contributed by atoms with van der Waals surface area (Å²) >= 11 is 0. The van der Waals surface area contributed by atoms with E-state index < -0.39 is 37.0 Å².